The van der Waals surface area contributed by atoms with Crippen molar-refractivity contribution in [2.75, 3.05) is 85.0 Å². The van der Waals surface area contributed by atoms with E-state index in [0.29, 0.717) is 68.2 Å². The molecular weight excluding hydrogens is 857 g/mol. The largest absolute Gasteiger partial charge is 1.00 e. The normalized spacial score (nSPS) is 15.8. The SMILES string of the molecule is NCC(CC(=O)O)c1cccc(N(CCCl)CCCl)c1.O=C1CC(c2cccc(N(CCCl)CCCl)c2)CN1.O=CCCl.[Cl-].[NH3+]c1cccc(C2CNC(=O)C2)c1. The summed E-state index contributed by atoms with van der Waals surface area (Å²) in [5.41, 5.74) is 16.0. The molecule has 3 aromatic rings. The number of rotatable bonds is 17. The molecule has 8 N–H and O–H groups in total. The summed E-state index contributed by atoms with van der Waals surface area (Å²) in [6, 6.07) is 24.1. The molecule has 17 heteroatoms. The molecule has 2 fully saturated rings. The van der Waals surface area contributed by atoms with Gasteiger partial charge >= 0.3 is 5.97 Å². The number of aldehydes is 1. The third-order valence-corrected chi connectivity index (χ3v) is 9.78. The lowest BCUT2D eigenvalue weighted by molar-refractivity contribution is -0.254. The summed E-state index contributed by atoms with van der Waals surface area (Å²) in [7, 11) is 0. The van der Waals surface area contributed by atoms with E-state index in [0.717, 1.165) is 48.8 Å². The van der Waals surface area contributed by atoms with Crippen molar-refractivity contribution in [1.29, 1.82) is 0 Å². The minimum Gasteiger partial charge on any atom is -1.00 e. The molecule has 3 atom stereocenters. The number of carbonyl (C=O) groups excluding carboxylic acids is 3. The van der Waals surface area contributed by atoms with Crippen LogP contribution >= 0.6 is 58.0 Å². The average molecular weight is 912 g/mol. The Balaban J connectivity index is 0.000000411. The summed E-state index contributed by atoms with van der Waals surface area (Å²) in [4.78, 5) is 46.4. The second-order valence-corrected chi connectivity index (χ2v) is 14.7. The van der Waals surface area contributed by atoms with Gasteiger partial charge in [0.25, 0.3) is 0 Å². The fraction of sp³-hybridized carbons (Fsp3) is 0.450. The lowest BCUT2D eigenvalue weighted by Crippen LogP contribution is -3.00. The standard InChI is InChI=1S/C14H20Cl2N2O2.C14H18Cl2N2O.C10H12N2O.C2H3ClO.ClH/c15-4-6-18(7-5-16)13-3-1-2-11(8-13)12(10-17)9-14(19)20;15-4-6-18(7-5-16)13-3-1-2-11(8-13)12-9-14(19)17-10-12;11-9-3-1-2-7(4-9)8-5-10(13)12-6-8;3-1-2-4;/h1-3,8,12H,4-7,9-10,17H2,(H,19,20);1-3,8,12H,4-7,9-10H2,(H,17,19);1-4,8H,5-6,11H2,(H,12,13);2H,1H2;1H. The molecule has 2 heterocycles. The molecule has 2 amide bonds. The van der Waals surface area contributed by atoms with E-state index < -0.39 is 5.97 Å². The molecule has 11 nitrogen and oxygen atoms in total. The van der Waals surface area contributed by atoms with Crippen LogP contribution in [0.3, 0.4) is 0 Å². The van der Waals surface area contributed by atoms with Gasteiger partial charge in [-0.3, -0.25) is 14.4 Å². The number of alkyl halides is 5. The van der Waals surface area contributed by atoms with Gasteiger partial charge in [0.1, 0.15) is 12.0 Å². The van der Waals surface area contributed by atoms with Crippen LogP contribution in [0.5, 0.6) is 0 Å². The molecular formula is C40H54Cl6N6O5. The van der Waals surface area contributed by atoms with Crippen molar-refractivity contribution in [3.05, 3.63) is 89.5 Å². The molecule has 3 unspecified atom stereocenters. The van der Waals surface area contributed by atoms with Crippen molar-refractivity contribution < 1.29 is 42.4 Å². The van der Waals surface area contributed by atoms with Gasteiger partial charge in [0.15, 0.2) is 0 Å². The number of carboxylic acids is 1. The van der Waals surface area contributed by atoms with Crippen molar-refractivity contribution in [3.8, 4) is 0 Å². The van der Waals surface area contributed by atoms with E-state index >= 15 is 0 Å². The topological polar surface area (TPSA) is 173 Å². The number of hydrogen-bond donors (Lipinski definition) is 5. The molecule has 5 rings (SSSR count). The zero-order valence-electron chi connectivity index (χ0n) is 31.9. The third-order valence-electron chi connectivity index (χ3n) is 8.98. The van der Waals surface area contributed by atoms with Crippen molar-refractivity contribution in [2.45, 2.75) is 37.0 Å². The molecule has 2 saturated heterocycles. The highest BCUT2D eigenvalue weighted by Gasteiger charge is 2.24. The monoisotopic (exact) mass is 908 g/mol. The Hall–Kier alpha value is -3.00. The summed E-state index contributed by atoms with van der Waals surface area (Å²) >= 11 is 28.1. The molecule has 0 aliphatic carbocycles. The Labute approximate surface area is 367 Å². The fourth-order valence-electron chi connectivity index (χ4n) is 6.18. The number of halogens is 6. The highest BCUT2D eigenvalue weighted by atomic mass is 35.5. The fourth-order valence-corrected chi connectivity index (χ4v) is 6.99. The van der Waals surface area contributed by atoms with Gasteiger partial charge in [-0.15, -0.1) is 58.0 Å². The number of benzene rings is 3. The number of nitrogens with one attached hydrogen (secondary N) is 2. The Morgan fingerprint density at radius 3 is 1.60 bits per heavy atom. The summed E-state index contributed by atoms with van der Waals surface area (Å²) in [6.07, 6.45) is 1.87. The van der Waals surface area contributed by atoms with Crippen molar-refractivity contribution >= 4 is 99.1 Å². The number of carboxylic acid groups (broad SMARTS) is 1. The maximum atomic E-state index is 11.3. The number of nitrogens with two attached hydrogens (primary N) is 1. The van der Waals surface area contributed by atoms with Crippen LogP contribution in [0.1, 0.15) is 53.7 Å². The van der Waals surface area contributed by atoms with E-state index in [4.69, 9.17) is 73.6 Å². The van der Waals surface area contributed by atoms with E-state index in [1.807, 2.05) is 48.5 Å². The maximum absolute atomic E-state index is 11.3. The van der Waals surface area contributed by atoms with Crippen LogP contribution in [0, 0.1) is 0 Å². The molecule has 0 bridgehead atoms. The van der Waals surface area contributed by atoms with Crippen molar-refractivity contribution in [3.63, 3.8) is 0 Å². The Kier molecular flexibility index (Phi) is 27.5. The summed E-state index contributed by atoms with van der Waals surface area (Å²) in [5, 5.41) is 14.6. The summed E-state index contributed by atoms with van der Waals surface area (Å²) in [6.45, 7) is 4.75. The molecule has 0 aromatic heterocycles. The van der Waals surface area contributed by atoms with Gasteiger partial charge in [0.05, 0.1) is 12.3 Å². The van der Waals surface area contributed by atoms with Gasteiger partial charge in [0, 0.05) is 111 Å². The number of amides is 2. The lowest BCUT2D eigenvalue weighted by atomic mass is 9.95. The quantitative estimate of drug-likeness (QED) is 0.102. The summed E-state index contributed by atoms with van der Waals surface area (Å²) < 4.78 is 0. The number of hydrogen-bond acceptors (Lipinski definition) is 7. The molecule has 2 aliphatic rings. The molecule has 0 saturated carbocycles. The lowest BCUT2D eigenvalue weighted by Gasteiger charge is -2.24. The van der Waals surface area contributed by atoms with Crippen LogP contribution in [0.25, 0.3) is 0 Å². The van der Waals surface area contributed by atoms with E-state index in [1.165, 1.54) is 11.1 Å². The first-order valence-corrected chi connectivity index (χ1v) is 21.0. The zero-order valence-corrected chi connectivity index (χ0v) is 36.4. The van der Waals surface area contributed by atoms with Crippen LogP contribution < -0.4 is 44.3 Å². The highest BCUT2D eigenvalue weighted by molar-refractivity contribution is 6.24. The molecule has 57 heavy (non-hydrogen) atoms. The summed E-state index contributed by atoms with van der Waals surface area (Å²) in [5.74, 6) is 2.16. The van der Waals surface area contributed by atoms with Crippen LogP contribution in [-0.4, -0.2) is 104 Å². The Morgan fingerprint density at radius 2 is 1.21 bits per heavy atom. The van der Waals surface area contributed by atoms with Crippen LogP contribution in [0.2, 0.25) is 0 Å². The van der Waals surface area contributed by atoms with Gasteiger partial charge in [-0.2, -0.15) is 0 Å². The number of aliphatic carboxylic acids is 1. The smallest absolute Gasteiger partial charge is 0.304 e. The van der Waals surface area contributed by atoms with Crippen LogP contribution in [-0.2, 0) is 19.2 Å². The van der Waals surface area contributed by atoms with E-state index in [-0.39, 0.29) is 48.4 Å². The molecule has 316 valence electrons. The third kappa shape index (κ3) is 19.5. The van der Waals surface area contributed by atoms with Crippen LogP contribution in [0.15, 0.2) is 72.8 Å². The minimum atomic E-state index is -0.843. The molecule has 2 aliphatic heterocycles. The number of nitrogens with zero attached hydrogens (tertiary/aromatic N) is 2. The first kappa shape index (κ1) is 52.0. The van der Waals surface area contributed by atoms with Crippen molar-refractivity contribution in [1.82, 2.24) is 10.6 Å². The zero-order chi connectivity index (χ0) is 41.3. The number of anilines is 2. The van der Waals surface area contributed by atoms with E-state index in [1.54, 1.807) is 0 Å². The van der Waals surface area contributed by atoms with Gasteiger partial charge in [0.2, 0.25) is 11.8 Å². The first-order chi connectivity index (χ1) is 27.0. The predicted molar refractivity (Wildman–Crippen MR) is 231 cm³/mol. The second kappa shape index (κ2) is 30.1. The Morgan fingerprint density at radius 1 is 0.772 bits per heavy atom. The predicted octanol–water partition coefficient (Wildman–Crippen LogP) is 2.65. The van der Waals surface area contributed by atoms with Crippen LogP contribution in [0.4, 0.5) is 17.1 Å². The van der Waals surface area contributed by atoms with Crippen molar-refractivity contribution in [2.24, 2.45) is 5.73 Å². The van der Waals surface area contributed by atoms with Gasteiger partial charge in [-0.05, 0) is 53.6 Å². The van der Waals surface area contributed by atoms with Gasteiger partial charge < -0.3 is 54.2 Å². The Bertz CT molecular complexity index is 1630. The van der Waals surface area contributed by atoms with Gasteiger partial charge in [-0.25, -0.2) is 0 Å². The molecule has 0 spiro atoms. The molecule has 0 radical (unpaired) electrons. The van der Waals surface area contributed by atoms with E-state index in [9.17, 15) is 14.4 Å². The molecule has 3 aromatic carbocycles. The maximum Gasteiger partial charge on any atom is 0.304 e. The second-order valence-electron chi connectivity index (χ2n) is 12.9. The average Bonchev–Trinajstić information content (AvgIpc) is 3.85. The first-order valence-electron chi connectivity index (χ1n) is 18.3. The minimum absolute atomic E-state index is 0. The number of quaternary nitrogens is 1. The van der Waals surface area contributed by atoms with Gasteiger partial charge in [-0.1, -0.05) is 36.4 Å². The number of carbonyl (C=O) groups is 4. The van der Waals surface area contributed by atoms with E-state index in [2.05, 4.69) is 50.4 Å². The highest BCUT2D eigenvalue weighted by Crippen LogP contribution is 2.28.